The number of rotatable bonds is 6. The summed E-state index contributed by atoms with van der Waals surface area (Å²) >= 11 is 11.9. The van der Waals surface area contributed by atoms with Crippen molar-refractivity contribution in [3.8, 4) is 0 Å². The van der Waals surface area contributed by atoms with Crippen LogP contribution in [0.1, 0.15) is 23.0 Å². The van der Waals surface area contributed by atoms with Crippen LogP contribution >= 0.6 is 23.2 Å². The van der Waals surface area contributed by atoms with Crippen LogP contribution in [0, 0.1) is 0 Å². The van der Waals surface area contributed by atoms with Crippen molar-refractivity contribution in [2.45, 2.75) is 19.4 Å². The third-order valence-electron chi connectivity index (χ3n) is 3.51. The van der Waals surface area contributed by atoms with Gasteiger partial charge in [-0.05, 0) is 18.6 Å². The Hall–Kier alpha value is -1.98. The monoisotopic (exact) mass is 368 g/mol. The fourth-order valence-electron chi connectivity index (χ4n) is 2.28. The number of hydrogen-bond donors (Lipinski definition) is 1. The SMILES string of the molecule is CCOC(=O)C(Cc1ccccc1)NC(=O)c1cc(Cl)c(Cl)n1C. The van der Waals surface area contributed by atoms with Gasteiger partial charge >= 0.3 is 5.97 Å². The van der Waals surface area contributed by atoms with Gasteiger partial charge in [-0.1, -0.05) is 53.5 Å². The van der Waals surface area contributed by atoms with Crippen molar-refractivity contribution in [1.29, 1.82) is 0 Å². The van der Waals surface area contributed by atoms with E-state index < -0.39 is 17.9 Å². The molecular formula is C17H18Cl2N2O3. The standard InChI is InChI=1S/C17H18Cl2N2O3/c1-3-24-17(23)13(9-11-7-5-4-6-8-11)20-16(22)14-10-12(18)15(19)21(14)2/h4-8,10,13H,3,9H2,1-2H3,(H,20,22). The Morgan fingerprint density at radius 2 is 1.92 bits per heavy atom. The summed E-state index contributed by atoms with van der Waals surface area (Å²) in [7, 11) is 1.62. The quantitative estimate of drug-likeness (QED) is 0.796. The number of nitrogens with zero attached hydrogens (tertiary/aromatic N) is 1. The van der Waals surface area contributed by atoms with E-state index in [-0.39, 0.29) is 22.5 Å². The summed E-state index contributed by atoms with van der Waals surface area (Å²) < 4.78 is 6.52. The van der Waals surface area contributed by atoms with Crippen molar-refractivity contribution < 1.29 is 14.3 Å². The number of amides is 1. The third-order valence-corrected chi connectivity index (χ3v) is 4.35. The Bertz CT molecular complexity index is 729. The minimum Gasteiger partial charge on any atom is -0.464 e. The van der Waals surface area contributed by atoms with Crippen molar-refractivity contribution in [2.75, 3.05) is 6.61 Å². The highest BCUT2D eigenvalue weighted by Crippen LogP contribution is 2.25. The van der Waals surface area contributed by atoms with Gasteiger partial charge in [0.05, 0.1) is 11.6 Å². The molecule has 0 saturated heterocycles. The first-order valence-corrected chi connectivity index (χ1v) is 8.21. The normalized spacial score (nSPS) is 11.8. The largest absolute Gasteiger partial charge is 0.464 e. The first kappa shape index (κ1) is 18.4. The number of esters is 1. The van der Waals surface area contributed by atoms with Gasteiger partial charge in [0.15, 0.2) is 0 Å². The van der Waals surface area contributed by atoms with Crippen LogP contribution in [0.15, 0.2) is 36.4 Å². The molecule has 0 aliphatic heterocycles. The summed E-state index contributed by atoms with van der Waals surface area (Å²) in [6.07, 6.45) is 0.331. The van der Waals surface area contributed by atoms with Gasteiger partial charge in [-0.25, -0.2) is 4.79 Å². The highest BCUT2D eigenvalue weighted by molar-refractivity contribution is 6.41. The van der Waals surface area contributed by atoms with Crippen molar-refractivity contribution in [3.05, 3.63) is 57.8 Å². The fourth-order valence-corrected chi connectivity index (χ4v) is 2.65. The minimum absolute atomic E-state index is 0.238. The van der Waals surface area contributed by atoms with E-state index in [4.69, 9.17) is 27.9 Å². The predicted molar refractivity (Wildman–Crippen MR) is 93.5 cm³/mol. The molecule has 5 nitrogen and oxygen atoms in total. The number of hydrogen-bond acceptors (Lipinski definition) is 3. The highest BCUT2D eigenvalue weighted by Gasteiger charge is 2.25. The van der Waals surface area contributed by atoms with E-state index in [0.717, 1.165) is 5.56 Å². The molecular weight excluding hydrogens is 351 g/mol. The van der Waals surface area contributed by atoms with Crippen molar-refractivity contribution in [1.82, 2.24) is 9.88 Å². The average Bonchev–Trinajstić information content (AvgIpc) is 2.83. The smallest absolute Gasteiger partial charge is 0.328 e. The lowest BCUT2D eigenvalue weighted by atomic mass is 10.1. The molecule has 1 amide bonds. The maximum Gasteiger partial charge on any atom is 0.328 e. The second-order valence-corrected chi connectivity index (χ2v) is 5.96. The highest BCUT2D eigenvalue weighted by atomic mass is 35.5. The molecule has 0 fully saturated rings. The van der Waals surface area contributed by atoms with Crippen LogP contribution in [-0.4, -0.2) is 29.1 Å². The number of benzene rings is 1. The summed E-state index contributed by atoms with van der Waals surface area (Å²) in [5.41, 5.74) is 1.19. The molecule has 1 unspecified atom stereocenters. The molecule has 1 heterocycles. The van der Waals surface area contributed by atoms with Crippen LogP contribution < -0.4 is 5.32 Å². The Morgan fingerprint density at radius 1 is 1.25 bits per heavy atom. The Kier molecular flexibility index (Phi) is 6.29. The van der Waals surface area contributed by atoms with Gasteiger partial charge in [0, 0.05) is 13.5 Å². The van der Waals surface area contributed by atoms with Crippen molar-refractivity contribution in [3.63, 3.8) is 0 Å². The first-order chi connectivity index (χ1) is 11.4. The van der Waals surface area contributed by atoms with Crippen LogP contribution in [-0.2, 0) is 23.0 Å². The van der Waals surface area contributed by atoms with E-state index in [1.807, 2.05) is 30.3 Å². The van der Waals surface area contributed by atoms with Gasteiger partial charge in [0.25, 0.3) is 5.91 Å². The van der Waals surface area contributed by atoms with Crippen LogP contribution in [0.2, 0.25) is 10.2 Å². The Morgan fingerprint density at radius 3 is 2.46 bits per heavy atom. The molecule has 0 spiro atoms. The van der Waals surface area contributed by atoms with Gasteiger partial charge in [0.2, 0.25) is 0 Å². The molecule has 0 aliphatic rings. The molecule has 24 heavy (non-hydrogen) atoms. The Balaban J connectivity index is 2.19. The van der Waals surface area contributed by atoms with Gasteiger partial charge in [-0.2, -0.15) is 0 Å². The fraction of sp³-hybridized carbons (Fsp3) is 0.294. The predicted octanol–water partition coefficient (Wildman–Crippen LogP) is 3.24. The van der Waals surface area contributed by atoms with Gasteiger partial charge < -0.3 is 14.6 Å². The van der Waals surface area contributed by atoms with E-state index in [9.17, 15) is 9.59 Å². The molecule has 0 aliphatic carbocycles. The number of halogens is 2. The maximum atomic E-state index is 12.5. The maximum absolute atomic E-state index is 12.5. The topological polar surface area (TPSA) is 60.3 Å². The van der Waals surface area contributed by atoms with Crippen LogP contribution in [0.5, 0.6) is 0 Å². The molecule has 0 bridgehead atoms. The molecule has 128 valence electrons. The van der Waals surface area contributed by atoms with Gasteiger partial charge in [-0.15, -0.1) is 0 Å². The van der Waals surface area contributed by atoms with Crippen LogP contribution in [0.4, 0.5) is 0 Å². The summed E-state index contributed by atoms with van der Waals surface area (Å²) in [5, 5.41) is 3.24. The second kappa shape index (κ2) is 8.22. The molecule has 2 rings (SSSR count). The van der Waals surface area contributed by atoms with E-state index in [1.54, 1.807) is 14.0 Å². The number of carbonyl (C=O) groups is 2. The first-order valence-electron chi connectivity index (χ1n) is 7.46. The molecule has 1 aromatic carbocycles. The molecule has 1 aromatic heterocycles. The molecule has 1 N–H and O–H groups in total. The van der Waals surface area contributed by atoms with E-state index in [2.05, 4.69) is 5.32 Å². The minimum atomic E-state index is -0.799. The third kappa shape index (κ3) is 4.30. The summed E-state index contributed by atoms with van der Waals surface area (Å²) in [5.74, 6) is -0.929. The molecule has 1 atom stereocenters. The number of carbonyl (C=O) groups excluding carboxylic acids is 2. The van der Waals surface area contributed by atoms with E-state index >= 15 is 0 Å². The van der Waals surface area contributed by atoms with Gasteiger partial charge in [-0.3, -0.25) is 4.79 Å². The molecule has 2 aromatic rings. The zero-order valence-corrected chi connectivity index (χ0v) is 14.9. The van der Waals surface area contributed by atoms with E-state index in [0.29, 0.717) is 6.42 Å². The summed E-state index contributed by atoms with van der Waals surface area (Å²) in [4.78, 5) is 24.7. The number of ether oxygens (including phenoxy) is 1. The summed E-state index contributed by atoms with van der Waals surface area (Å²) in [6.45, 7) is 1.96. The number of nitrogens with one attached hydrogen (secondary N) is 1. The molecule has 0 saturated carbocycles. The average molecular weight is 369 g/mol. The van der Waals surface area contributed by atoms with Gasteiger partial charge in [0.1, 0.15) is 16.9 Å². The lowest BCUT2D eigenvalue weighted by Gasteiger charge is -2.17. The lowest BCUT2D eigenvalue weighted by Crippen LogP contribution is -2.43. The van der Waals surface area contributed by atoms with E-state index in [1.165, 1.54) is 10.6 Å². The van der Waals surface area contributed by atoms with Crippen LogP contribution in [0.3, 0.4) is 0 Å². The van der Waals surface area contributed by atoms with Crippen LogP contribution in [0.25, 0.3) is 0 Å². The Labute approximate surface area is 150 Å². The van der Waals surface area contributed by atoms with Crippen molar-refractivity contribution in [2.24, 2.45) is 7.05 Å². The molecule has 7 heteroatoms. The zero-order chi connectivity index (χ0) is 17.7. The van der Waals surface area contributed by atoms with Crippen molar-refractivity contribution >= 4 is 35.1 Å². The molecule has 0 radical (unpaired) electrons. The number of aromatic nitrogens is 1. The zero-order valence-electron chi connectivity index (χ0n) is 13.4. The second-order valence-electron chi connectivity index (χ2n) is 5.20. The lowest BCUT2D eigenvalue weighted by molar-refractivity contribution is -0.145. The summed E-state index contributed by atoms with van der Waals surface area (Å²) in [6, 6.07) is 10.1.